The van der Waals surface area contributed by atoms with Crippen LogP contribution in [0.25, 0.3) is 0 Å². The maximum absolute atomic E-state index is 5.67. The van der Waals surface area contributed by atoms with E-state index in [1.165, 1.54) is 0 Å². The van der Waals surface area contributed by atoms with Gasteiger partial charge in [0, 0.05) is 5.56 Å². The number of benzene rings is 1. The van der Waals surface area contributed by atoms with Gasteiger partial charge in [-0.25, -0.2) is 0 Å². The molecule has 15 heavy (non-hydrogen) atoms. The highest BCUT2D eigenvalue weighted by Crippen LogP contribution is 2.42. The monoisotopic (exact) mass is 271 g/mol. The van der Waals surface area contributed by atoms with Crippen molar-refractivity contribution in [3.8, 4) is 11.5 Å². The van der Waals surface area contributed by atoms with Crippen LogP contribution in [0.1, 0.15) is 18.4 Å². The van der Waals surface area contributed by atoms with E-state index in [4.69, 9.17) is 15.2 Å². The molecule has 1 atom stereocenters. The first-order chi connectivity index (χ1) is 7.24. The van der Waals surface area contributed by atoms with Gasteiger partial charge in [-0.15, -0.1) is 0 Å². The molecule has 3 nitrogen and oxygen atoms in total. The number of hydrogen-bond donors (Lipinski definition) is 1. The van der Waals surface area contributed by atoms with Gasteiger partial charge in [-0.2, -0.15) is 0 Å². The molecule has 0 saturated carbocycles. The standard InChI is InChI=1S/C11H14BrNO2/c1-7(6-13)8-2-3-9(12)11-10(8)14-4-5-15-11/h2-3,7H,4-6,13H2,1H3. The normalized spacial score (nSPS) is 16.2. The molecule has 0 fully saturated rings. The maximum Gasteiger partial charge on any atom is 0.175 e. The topological polar surface area (TPSA) is 44.5 Å². The van der Waals surface area contributed by atoms with E-state index in [2.05, 4.69) is 22.9 Å². The second-order valence-corrected chi connectivity index (χ2v) is 4.48. The third-order valence-corrected chi connectivity index (χ3v) is 3.18. The second kappa shape index (κ2) is 4.41. The van der Waals surface area contributed by atoms with Gasteiger partial charge in [-0.1, -0.05) is 13.0 Å². The van der Waals surface area contributed by atoms with Crippen LogP contribution in [0.2, 0.25) is 0 Å². The minimum Gasteiger partial charge on any atom is -0.486 e. The molecule has 0 saturated heterocycles. The molecule has 1 aromatic carbocycles. The summed E-state index contributed by atoms with van der Waals surface area (Å²) in [7, 11) is 0. The summed E-state index contributed by atoms with van der Waals surface area (Å²) in [5.41, 5.74) is 6.79. The Morgan fingerprint density at radius 2 is 2.00 bits per heavy atom. The lowest BCUT2D eigenvalue weighted by atomic mass is 10.00. The van der Waals surface area contributed by atoms with Crippen LogP contribution in [-0.4, -0.2) is 19.8 Å². The number of ether oxygens (including phenoxy) is 2. The molecule has 1 aliphatic rings. The molecular weight excluding hydrogens is 258 g/mol. The molecular formula is C11H14BrNO2. The molecule has 1 aromatic rings. The van der Waals surface area contributed by atoms with Crippen LogP contribution >= 0.6 is 15.9 Å². The zero-order valence-electron chi connectivity index (χ0n) is 8.63. The molecule has 4 heteroatoms. The van der Waals surface area contributed by atoms with Crippen LogP contribution in [0.15, 0.2) is 16.6 Å². The van der Waals surface area contributed by atoms with Gasteiger partial charge < -0.3 is 15.2 Å². The van der Waals surface area contributed by atoms with Crippen LogP contribution in [0.3, 0.4) is 0 Å². The van der Waals surface area contributed by atoms with Crippen molar-refractivity contribution in [1.29, 1.82) is 0 Å². The van der Waals surface area contributed by atoms with Crippen molar-refractivity contribution in [2.45, 2.75) is 12.8 Å². The van der Waals surface area contributed by atoms with Gasteiger partial charge in [-0.05, 0) is 34.5 Å². The Labute approximate surface area is 97.7 Å². The van der Waals surface area contributed by atoms with Gasteiger partial charge in [-0.3, -0.25) is 0 Å². The second-order valence-electron chi connectivity index (χ2n) is 3.63. The van der Waals surface area contributed by atoms with Crippen molar-refractivity contribution in [1.82, 2.24) is 0 Å². The average molecular weight is 272 g/mol. The van der Waals surface area contributed by atoms with Gasteiger partial charge >= 0.3 is 0 Å². The number of hydrogen-bond acceptors (Lipinski definition) is 3. The average Bonchev–Trinajstić information content (AvgIpc) is 2.29. The van der Waals surface area contributed by atoms with Crippen molar-refractivity contribution in [3.63, 3.8) is 0 Å². The Morgan fingerprint density at radius 1 is 1.33 bits per heavy atom. The fraction of sp³-hybridized carbons (Fsp3) is 0.455. The van der Waals surface area contributed by atoms with Crippen molar-refractivity contribution in [2.24, 2.45) is 5.73 Å². The van der Waals surface area contributed by atoms with E-state index in [9.17, 15) is 0 Å². The number of nitrogens with two attached hydrogens (primary N) is 1. The maximum atomic E-state index is 5.67. The van der Waals surface area contributed by atoms with Crippen LogP contribution in [-0.2, 0) is 0 Å². The Bertz CT molecular complexity index is 368. The zero-order valence-corrected chi connectivity index (χ0v) is 10.2. The van der Waals surface area contributed by atoms with E-state index in [0.29, 0.717) is 19.8 Å². The molecule has 1 aliphatic heterocycles. The van der Waals surface area contributed by atoms with Gasteiger partial charge in [0.25, 0.3) is 0 Å². The van der Waals surface area contributed by atoms with E-state index < -0.39 is 0 Å². The molecule has 1 unspecified atom stereocenters. The van der Waals surface area contributed by atoms with Crippen molar-refractivity contribution < 1.29 is 9.47 Å². The van der Waals surface area contributed by atoms with Gasteiger partial charge in [0.1, 0.15) is 13.2 Å². The molecule has 0 aromatic heterocycles. The summed E-state index contributed by atoms with van der Waals surface area (Å²) in [6.45, 7) is 3.90. The van der Waals surface area contributed by atoms with E-state index >= 15 is 0 Å². The predicted octanol–water partition coefficient (Wildman–Crippen LogP) is 2.28. The number of halogens is 1. The molecule has 0 amide bonds. The molecule has 0 radical (unpaired) electrons. The first-order valence-corrected chi connectivity index (χ1v) is 5.81. The van der Waals surface area contributed by atoms with Crippen LogP contribution in [0.5, 0.6) is 11.5 Å². The Hall–Kier alpha value is -0.740. The summed E-state index contributed by atoms with van der Waals surface area (Å²) in [5.74, 6) is 1.93. The lowest BCUT2D eigenvalue weighted by Gasteiger charge is -2.24. The zero-order chi connectivity index (χ0) is 10.8. The first kappa shape index (κ1) is 10.8. The third-order valence-electron chi connectivity index (χ3n) is 2.56. The third kappa shape index (κ3) is 1.96. The van der Waals surface area contributed by atoms with Gasteiger partial charge in [0.15, 0.2) is 11.5 Å². The molecule has 0 aliphatic carbocycles. The summed E-state index contributed by atoms with van der Waals surface area (Å²) < 4.78 is 12.2. The smallest absolute Gasteiger partial charge is 0.175 e. The van der Waals surface area contributed by atoms with Crippen molar-refractivity contribution in [2.75, 3.05) is 19.8 Å². The molecule has 0 spiro atoms. The summed E-state index contributed by atoms with van der Waals surface area (Å²) in [4.78, 5) is 0. The first-order valence-electron chi connectivity index (χ1n) is 5.02. The predicted molar refractivity (Wildman–Crippen MR) is 62.6 cm³/mol. The minimum absolute atomic E-state index is 0.286. The number of rotatable bonds is 2. The molecule has 2 N–H and O–H groups in total. The number of fused-ring (bicyclic) bond motifs is 1. The summed E-state index contributed by atoms with van der Waals surface area (Å²) in [6.07, 6.45) is 0. The quantitative estimate of drug-likeness (QED) is 0.898. The largest absolute Gasteiger partial charge is 0.486 e. The fourth-order valence-corrected chi connectivity index (χ4v) is 2.07. The Morgan fingerprint density at radius 3 is 2.67 bits per heavy atom. The summed E-state index contributed by atoms with van der Waals surface area (Å²) >= 11 is 3.45. The van der Waals surface area contributed by atoms with E-state index in [1.807, 2.05) is 12.1 Å². The Kier molecular flexibility index (Phi) is 3.17. The van der Waals surface area contributed by atoms with Crippen LogP contribution in [0.4, 0.5) is 0 Å². The highest BCUT2D eigenvalue weighted by Gasteiger charge is 2.21. The molecule has 1 heterocycles. The SMILES string of the molecule is CC(CN)c1ccc(Br)c2c1OCCO2. The summed E-state index contributed by atoms with van der Waals surface area (Å²) in [5, 5.41) is 0. The molecule has 82 valence electrons. The van der Waals surface area contributed by atoms with Gasteiger partial charge in [0.2, 0.25) is 0 Å². The lowest BCUT2D eigenvalue weighted by Crippen LogP contribution is -2.19. The van der Waals surface area contributed by atoms with Crippen LogP contribution < -0.4 is 15.2 Å². The lowest BCUT2D eigenvalue weighted by molar-refractivity contribution is 0.168. The highest BCUT2D eigenvalue weighted by atomic mass is 79.9. The van der Waals surface area contributed by atoms with E-state index in [-0.39, 0.29) is 5.92 Å². The molecule has 2 rings (SSSR count). The van der Waals surface area contributed by atoms with E-state index in [0.717, 1.165) is 21.5 Å². The van der Waals surface area contributed by atoms with Crippen molar-refractivity contribution in [3.05, 3.63) is 22.2 Å². The van der Waals surface area contributed by atoms with Crippen LogP contribution in [0, 0.1) is 0 Å². The molecule has 0 bridgehead atoms. The summed E-state index contributed by atoms with van der Waals surface area (Å²) in [6, 6.07) is 4.02. The van der Waals surface area contributed by atoms with Gasteiger partial charge in [0.05, 0.1) is 4.47 Å². The Balaban J connectivity index is 2.48. The van der Waals surface area contributed by atoms with E-state index in [1.54, 1.807) is 0 Å². The van der Waals surface area contributed by atoms with Crippen molar-refractivity contribution >= 4 is 15.9 Å². The fourth-order valence-electron chi connectivity index (χ4n) is 1.64. The minimum atomic E-state index is 0.286. The highest BCUT2D eigenvalue weighted by molar-refractivity contribution is 9.10.